The summed E-state index contributed by atoms with van der Waals surface area (Å²) >= 11 is 0. The van der Waals surface area contributed by atoms with Gasteiger partial charge in [-0.25, -0.2) is 0 Å². The minimum atomic E-state index is -1.46. The normalized spacial score (nSPS) is 12.3. The van der Waals surface area contributed by atoms with Crippen LogP contribution in [0.3, 0.4) is 0 Å². The molecule has 0 spiro atoms. The van der Waals surface area contributed by atoms with E-state index in [2.05, 4.69) is 0 Å². The number of nitro groups is 1. The van der Waals surface area contributed by atoms with Gasteiger partial charge in [0.15, 0.2) is 6.10 Å². The smallest absolute Gasteiger partial charge is 0.303 e. The predicted octanol–water partition coefficient (Wildman–Crippen LogP) is 2.22. The van der Waals surface area contributed by atoms with E-state index in [0.29, 0.717) is 11.1 Å². The first kappa shape index (κ1) is 14.6. The Bertz CT molecular complexity index is 529. The molecule has 0 saturated heterocycles. The molecule has 0 radical (unpaired) electrons. The molecule has 6 nitrogen and oxygen atoms in total. The van der Waals surface area contributed by atoms with E-state index in [1.165, 1.54) is 32.9 Å². The van der Waals surface area contributed by atoms with Crippen LogP contribution in [-0.2, 0) is 9.53 Å². The molecule has 1 atom stereocenters. The Balaban J connectivity index is 3.20. The molecule has 0 saturated carbocycles. The number of hydrogen-bond donors (Lipinski definition) is 0. The Morgan fingerprint density at radius 3 is 2.32 bits per heavy atom. The summed E-state index contributed by atoms with van der Waals surface area (Å²) in [6.45, 7) is 3.98. The van der Waals surface area contributed by atoms with E-state index in [-0.39, 0.29) is 0 Å². The monoisotopic (exact) mass is 262 g/mol. The van der Waals surface area contributed by atoms with Crippen LogP contribution in [0.5, 0.6) is 0 Å². The summed E-state index contributed by atoms with van der Waals surface area (Å²) in [4.78, 5) is 21.7. The van der Waals surface area contributed by atoms with E-state index < -0.39 is 22.5 Å². The number of carbonyl (C=O) groups excluding carboxylic acids is 1. The highest BCUT2D eigenvalue weighted by molar-refractivity contribution is 5.66. The minimum absolute atomic E-state index is 0.434. The molecule has 1 rings (SSSR count). The number of esters is 1. The summed E-state index contributed by atoms with van der Waals surface area (Å²) in [5.74, 6) is -0.593. The van der Waals surface area contributed by atoms with Crippen molar-refractivity contribution in [2.24, 2.45) is 0 Å². The molecule has 0 aliphatic carbocycles. The Hall–Kier alpha value is -2.42. The van der Waals surface area contributed by atoms with Gasteiger partial charge in [0.1, 0.15) is 0 Å². The van der Waals surface area contributed by atoms with Gasteiger partial charge in [-0.1, -0.05) is 12.1 Å². The van der Waals surface area contributed by atoms with Crippen molar-refractivity contribution in [2.75, 3.05) is 0 Å². The highest BCUT2D eigenvalue weighted by atomic mass is 16.6. The molecular formula is C13H14N2O4. The molecule has 6 heteroatoms. The van der Waals surface area contributed by atoms with Gasteiger partial charge in [0.25, 0.3) is 5.54 Å². The molecule has 100 valence electrons. The molecule has 0 N–H and O–H groups in total. The lowest BCUT2D eigenvalue weighted by Gasteiger charge is -2.26. The van der Waals surface area contributed by atoms with Crippen LogP contribution in [0.1, 0.15) is 38.0 Å². The zero-order valence-electron chi connectivity index (χ0n) is 10.9. The second-order valence-electron chi connectivity index (χ2n) is 4.63. The Labute approximate surface area is 110 Å². The standard InChI is InChI=1S/C13H14N2O4/c1-9(16)19-12(13(2,3)15(17)18)11-6-4-10(8-14)5-7-11/h4-7,12H,1-3H3/t12-/m1/s1. The van der Waals surface area contributed by atoms with Crippen molar-refractivity contribution in [3.05, 3.63) is 45.5 Å². The third kappa shape index (κ3) is 3.28. The molecule has 0 heterocycles. The highest BCUT2D eigenvalue weighted by Crippen LogP contribution is 2.32. The summed E-state index contributed by atoms with van der Waals surface area (Å²) < 4.78 is 5.07. The van der Waals surface area contributed by atoms with Gasteiger partial charge in [-0.3, -0.25) is 14.9 Å². The maximum atomic E-state index is 11.1. The maximum Gasteiger partial charge on any atom is 0.303 e. The van der Waals surface area contributed by atoms with E-state index in [4.69, 9.17) is 10.00 Å². The lowest BCUT2D eigenvalue weighted by atomic mass is 9.91. The Kier molecular flexibility index (Phi) is 4.22. The SMILES string of the molecule is CC(=O)O[C@H](c1ccc(C#N)cc1)C(C)(C)[N+](=O)[O-]. The molecule has 0 aromatic heterocycles. The first-order chi connectivity index (χ1) is 8.78. The van der Waals surface area contributed by atoms with Gasteiger partial charge in [-0.15, -0.1) is 0 Å². The lowest BCUT2D eigenvalue weighted by molar-refractivity contribution is -0.574. The van der Waals surface area contributed by atoms with Crippen LogP contribution < -0.4 is 0 Å². The molecule has 0 aliphatic rings. The second kappa shape index (κ2) is 5.48. The molecule has 1 aromatic carbocycles. The first-order valence-corrected chi connectivity index (χ1v) is 5.61. The van der Waals surface area contributed by atoms with Crippen molar-refractivity contribution in [1.82, 2.24) is 0 Å². The van der Waals surface area contributed by atoms with Crippen LogP contribution >= 0.6 is 0 Å². The van der Waals surface area contributed by atoms with Crippen LogP contribution in [0, 0.1) is 21.4 Å². The highest BCUT2D eigenvalue weighted by Gasteiger charge is 2.44. The van der Waals surface area contributed by atoms with Gasteiger partial charge in [-0.05, 0) is 17.7 Å². The fourth-order valence-corrected chi connectivity index (χ4v) is 1.61. The van der Waals surface area contributed by atoms with E-state index >= 15 is 0 Å². The molecule has 0 amide bonds. The van der Waals surface area contributed by atoms with Gasteiger partial charge in [0.05, 0.1) is 11.6 Å². The summed E-state index contributed by atoms with van der Waals surface area (Å²) in [6.07, 6.45) is -1.01. The van der Waals surface area contributed by atoms with Gasteiger partial charge in [-0.2, -0.15) is 5.26 Å². The van der Waals surface area contributed by atoms with Crippen molar-refractivity contribution in [3.8, 4) is 6.07 Å². The fraction of sp³-hybridized carbons (Fsp3) is 0.385. The number of hydrogen-bond acceptors (Lipinski definition) is 5. The summed E-state index contributed by atoms with van der Waals surface area (Å²) in [7, 11) is 0. The second-order valence-corrected chi connectivity index (χ2v) is 4.63. The van der Waals surface area contributed by atoms with Gasteiger partial charge in [0.2, 0.25) is 0 Å². The maximum absolute atomic E-state index is 11.1. The molecule has 19 heavy (non-hydrogen) atoms. The number of rotatable bonds is 4. The van der Waals surface area contributed by atoms with Crippen LogP contribution in [0.25, 0.3) is 0 Å². The molecule has 0 unspecified atom stereocenters. The number of nitriles is 1. The van der Waals surface area contributed by atoms with Crippen LogP contribution in [0.15, 0.2) is 24.3 Å². The average molecular weight is 262 g/mol. The van der Waals surface area contributed by atoms with Gasteiger partial charge in [0, 0.05) is 25.7 Å². The average Bonchev–Trinajstić information content (AvgIpc) is 2.35. The quantitative estimate of drug-likeness (QED) is 0.471. The first-order valence-electron chi connectivity index (χ1n) is 5.61. The van der Waals surface area contributed by atoms with Crippen molar-refractivity contribution >= 4 is 5.97 Å². The Morgan fingerprint density at radius 1 is 1.42 bits per heavy atom. The number of benzene rings is 1. The lowest BCUT2D eigenvalue weighted by Crippen LogP contribution is -2.40. The van der Waals surface area contributed by atoms with E-state index in [0.717, 1.165) is 0 Å². The predicted molar refractivity (Wildman–Crippen MR) is 66.7 cm³/mol. The summed E-state index contributed by atoms with van der Waals surface area (Å²) in [5.41, 5.74) is -0.542. The van der Waals surface area contributed by atoms with Crippen molar-refractivity contribution in [1.29, 1.82) is 5.26 Å². The van der Waals surface area contributed by atoms with Crippen molar-refractivity contribution in [2.45, 2.75) is 32.4 Å². The molecular weight excluding hydrogens is 248 g/mol. The molecule has 1 aromatic rings. The summed E-state index contributed by atoms with van der Waals surface area (Å²) in [5, 5.41) is 19.8. The van der Waals surface area contributed by atoms with Gasteiger partial charge >= 0.3 is 5.97 Å². The van der Waals surface area contributed by atoms with Crippen LogP contribution in [0.2, 0.25) is 0 Å². The third-order valence-electron chi connectivity index (χ3n) is 2.74. The Morgan fingerprint density at radius 2 is 1.95 bits per heavy atom. The number of nitrogens with zero attached hydrogens (tertiary/aromatic N) is 2. The molecule has 0 fully saturated rings. The van der Waals surface area contributed by atoms with E-state index in [1.54, 1.807) is 12.1 Å². The number of carbonyl (C=O) groups is 1. The third-order valence-corrected chi connectivity index (χ3v) is 2.74. The van der Waals surface area contributed by atoms with Crippen molar-refractivity contribution in [3.63, 3.8) is 0 Å². The minimum Gasteiger partial charge on any atom is -0.450 e. The zero-order valence-corrected chi connectivity index (χ0v) is 10.9. The summed E-state index contributed by atoms with van der Waals surface area (Å²) in [6, 6.07) is 8.12. The fourth-order valence-electron chi connectivity index (χ4n) is 1.61. The topological polar surface area (TPSA) is 93.2 Å². The van der Waals surface area contributed by atoms with Crippen LogP contribution in [-0.4, -0.2) is 16.4 Å². The largest absolute Gasteiger partial charge is 0.450 e. The van der Waals surface area contributed by atoms with E-state index in [1.807, 2.05) is 6.07 Å². The van der Waals surface area contributed by atoms with Crippen molar-refractivity contribution < 1.29 is 14.5 Å². The molecule has 0 aliphatic heterocycles. The number of ether oxygens (including phenoxy) is 1. The van der Waals surface area contributed by atoms with Crippen LogP contribution in [0.4, 0.5) is 0 Å². The zero-order chi connectivity index (χ0) is 14.6. The van der Waals surface area contributed by atoms with Gasteiger partial charge < -0.3 is 4.74 Å². The van der Waals surface area contributed by atoms with E-state index in [9.17, 15) is 14.9 Å². The molecule has 0 bridgehead atoms.